The van der Waals surface area contributed by atoms with Gasteiger partial charge in [0.2, 0.25) is 0 Å². The number of Topliss-reactive ketones (excluding diaryl/α,β-unsaturated/α-hetero) is 1. The Morgan fingerprint density at radius 1 is 1.11 bits per heavy atom. The highest BCUT2D eigenvalue weighted by Crippen LogP contribution is 2.73. The molecule has 4 aliphatic rings. The molecule has 5 nitrogen and oxygen atoms in total. The minimum Gasteiger partial charge on any atom is -0.481 e. The number of hydrogen-bond acceptors (Lipinski definition) is 4. The van der Waals surface area contributed by atoms with Crippen molar-refractivity contribution >= 4 is 11.8 Å². The molecule has 0 aliphatic heterocycles. The fourth-order valence-electron chi connectivity index (χ4n) is 9.68. The zero-order chi connectivity index (χ0) is 26.2. The Kier molecular flexibility index (Phi) is 6.25. The van der Waals surface area contributed by atoms with Gasteiger partial charge in [-0.25, -0.2) is 0 Å². The Labute approximate surface area is 211 Å². The molecular weight excluding hydrogens is 440 g/mol. The normalized spacial score (nSPS) is 46.5. The number of fused-ring (bicyclic) bond motifs is 5. The van der Waals surface area contributed by atoms with Crippen molar-refractivity contribution in [2.24, 2.45) is 44.8 Å². The summed E-state index contributed by atoms with van der Waals surface area (Å²) < 4.78 is 0. The highest BCUT2D eigenvalue weighted by atomic mass is 16.4. The minimum absolute atomic E-state index is 0.00555. The second-order valence-corrected chi connectivity index (χ2v) is 14.6. The average molecular weight is 489 g/mol. The lowest BCUT2D eigenvalue weighted by atomic mass is 9.35. The van der Waals surface area contributed by atoms with Crippen molar-refractivity contribution in [3.8, 4) is 0 Å². The topological polar surface area (TPSA) is 94.8 Å². The molecule has 4 rings (SSSR count). The van der Waals surface area contributed by atoms with Gasteiger partial charge in [0, 0.05) is 18.3 Å². The molecule has 35 heavy (non-hydrogen) atoms. The third-order valence-electron chi connectivity index (χ3n) is 12.1. The second kappa shape index (κ2) is 8.15. The van der Waals surface area contributed by atoms with Crippen molar-refractivity contribution < 1.29 is 24.9 Å². The number of rotatable bonds is 5. The van der Waals surface area contributed by atoms with Crippen LogP contribution >= 0.6 is 0 Å². The number of aliphatic carboxylic acids is 1. The number of hydrogen-bond donors (Lipinski definition) is 3. The van der Waals surface area contributed by atoms with E-state index in [9.17, 15) is 24.9 Å². The van der Waals surface area contributed by atoms with E-state index in [2.05, 4.69) is 47.6 Å². The van der Waals surface area contributed by atoms with Crippen LogP contribution in [0.1, 0.15) is 106 Å². The lowest BCUT2D eigenvalue weighted by Crippen LogP contribution is -2.64. The maximum absolute atomic E-state index is 13.4. The lowest BCUT2D eigenvalue weighted by Gasteiger charge is -2.69. The van der Waals surface area contributed by atoms with Crippen LogP contribution in [0.5, 0.6) is 0 Å². The quantitative estimate of drug-likeness (QED) is 0.427. The van der Waals surface area contributed by atoms with Crippen LogP contribution in [-0.2, 0) is 9.59 Å². The number of carbonyl (C=O) groups is 2. The highest BCUT2D eigenvalue weighted by Gasteiger charge is 2.67. The highest BCUT2D eigenvalue weighted by molar-refractivity contribution is 5.87. The van der Waals surface area contributed by atoms with Crippen LogP contribution < -0.4 is 0 Å². The van der Waals surface area contributed by atoms with Gasteiger partial charge in [0.15, 0.2) is 0 Å². The van der Waals surface area contributed by atoms with Gasteiger partial charge in [-0.05, 0) is 91.3 Å². The molecule has 0 aromatic carbocycles. The first-order valence-corrected chi connectivity index (χ1v) is 13.8. The summed E-state index contributed by atoms with van der Waals surface area (Å²) in [6.07, 6.45) is 9.13. The maximum atomic E-state index is 13.4. The van der Waals surface area contributed by atoms with Crippen molar-refractivity contribution in [2.75, 3.05) is 6.61 Å². The predicted octanol–water partition coefficient (Wildman–Crippen LogP) is 5.78. The third kappa shape index (κ3) is 3.77. The van der Waals surface area contributed by atoms with Crippen LogP contribution in [0.25, 0.3) is 0 Å². The van der Waals surface area contributed by atoms with E-state index >= 15 is 0 Å². The van der Waals surface area contributed by atoms with Crippen LogP contribution in [-0.4, -0.2) is 39.3 Å². The van der Waals surface area contributed by atoms with E-state index in [4.69, 9.17) is 0 Å². The van der Waals surface area contributed by atoms with E-state index in [0.29, 0.717) is 18.6 Å². The van der Waals surface area contributed by atoms with Gasteiger partial charge in [-0.1, -0.05) is 53.2 Å². The van der Waals surface area contributed by atoms with Gasteiger partial charge in [-0.2, -0.15) is 0 Å². The average Bonchev–Trinajstić information content (AvgIpc) is 2.74. The summed E-state index contributed by atoms with van der Waals surface area (Å²) in [6, 6.07) is 0. The SMILES string of the molecule is CC1(C)CC(=O)[C@]2(C)CC[C@]3(C)C(=CC[C@@H]4[C@@](C)(CCC(=O)O)[C@H]([C@](C)(O)CO)CC[C@]43C)[C@@H]2C1. The number of carboxylic acid groups (broad SMARTS) is 1. The standard InChI is InChI=1S/C30H48O5/c1-25(2)16-20-19-8-9-21-27(4,12-11-24(33)34)22(30(7,35)18-31)10-13-29(21,6)28(19,5)15-14-26(20,3)23(32)17-25/h8,20-22,31,35H,9-18H2,1-7H3,(H,33,34)/t20-,21+,22+,26+,27+,28+,29+,30+/m0/s1. The van der Waals surface area contributed by atoms with E-state index < -0.39 is 17.0 Å². The number of aliphatic hydroxyl groups excluding tert-OH is 1. The number of aliphatic hydroxyl groups is 2. The van der Waals surface area contributed by atoms with E-state index in [1.54, 1.807) is 6.92 Å². The molecule has 3 saturated carbocycles. The Balaban J connectivity index is 1.82. The van der Waals surface area contributed by atoms with Crippen molar-refractivity contribution in [2.45, 2.75) is 112 Å². The van der Waals surface area contributed by atoms with Crippen molar-refractivity contribution in [1.82, 2.24) is 0 Å². The fourth-order valence-corrected chi connectivity index (χ4v) is 9.68. The molecule has 3 N–H and O–H groups in total. The maximum Gasteiger partial charge on any atom is 0.303 e. The summed E-state index contributed by atoms with van der Waals surface area (Å²) in [5.41, 5.74) is -0.582. The molecule has 0 bridgehead atoms. The van der Waals surface area contributed by atoms with E-state index in [1.165, 1.54) is 5.57 Å². The van der Waals surface area contributed by atoms with Crippen molar-refractivity contribution in [3.05, 3.63) is 11.6 Å². The molecule has 0 amide bonds. The largest absolute Gasteiger partial charge is 0.481 e. The monoisotopic (exact) mass is 488 g/mol. The summed E-state index contributed by atoms with van der Waals surface area (Å²) in [7, 11) is 0. The molecule has 198 valence electrons. The smallest absolute Gasteiger partial charge is 0.303 e. The molecule has 0 aromatic heterocycles. The Bertz CT molecular complexity index is 933. The third-order valence-corrected chi connectivity index (χ3v) is 12.1. The van der Waals surface area contributed by atoms with Gasteiger partial charge in [-0.15, -0.1) is 0 Å². The molecular formula is C30H48O5. The molecule has 0 saturated heterocycles. The summed E-state index contributed by atoms with van der Waals surface area (Å²) in [4.78, 5) is 25.1. The lowest BCUT2D eigenvalue weighted by molar-refractivity contribution is -0.195. The molecule has 5 heteroatoms. The van der Waals surface area contributed by atoms with Gasteiger partial charge in [0.25, 0.3) is 0 Å². The van der Waals surface area contributed by atoms with Gasteiger partial charge in [0.1, 0.15) is 5.78 Å². The number of allylic oxidation sites excluding steroid dienone is 2. The summed E-state index contributed by atoms with van der Waals surface area (Å²) in [5, 5.41) is 30.9. The second-order valence-electron chi connectivity index (χ2n) is 14.6. The van der Waals surface area contributed by atoms with Gasteiger partial charge < -0.3 is 15.3 Å². The van der Waals surface area contributed by atoms with Crippen LogP contribution in [0.3, 0.4) is 0 Å². The summed E-state index contributed by atoms with van der Waals surface area (Å²) >= 11 is 0. The van der Waals surface area contributed by atoms with Gasteiger partial charge in [0.05, 0.1) is 12.2 Å². The van der Waals surface area contributed by atoms with Gasteiger partial charge >= 0.3 is 5.97 Å². The number of carbonyl (C=O) groups excluding carboxylic acids is 1. The number of ketones is 1. The molecule has 0 unspecified atom stereocenters. The molecule has 8 atom stereocenters. The minimum atomic E-state index is -1.25. The van der Waals surface area contributed by atoms with Crippen LogP contribution in [0.4, 0.5) is 0 Å². The predicted molar refractivity (Wildman–Crippen MR) is 137 cm³/mol. The molecule has 3 fully saturated rings. The summed E-state index contributed by atoms with van der Waals surface area (Å²) in [6.45, 7) is 15.1. The van der Waals surface area contributed by atoms with Crippen LogP contribution in [0.2, 0.25) is 0 Å². The Hall–Kier alpha value is -1.20. The van der Waals surface area contributed by atoms with Crippen LogP contribution in [0, 0.1) is 44.8 Å². The molecule has 4 aliphatic carbocycles. The zero-order valence-corrected chi connectivity index (χ0v) is 23.0. The van der Waals surface area contributed by atoms with Crippen LogP contribution in [0.15, 0.2) is 11.6 Å². The summed E-state index contributed by atoms with van der Waals surface area (Å²) in [5.74, 6) is -0.0890. The first-order valence-electron chi connectivity index (χ1n) is 13.8. The van der Waals surface area contributed by atoms with E-state index in [-0.39, 0.29) is 52.4 Å². The van der Waals surface area contributed by atoms with E-state index in [1.807, 2.05) is 0 Å². The Morgan fingerprint density at radius 2 is 1.77 bits per heavy atom. The van der Waals surface area contributed by atoms with Crippen molar-refractivity contribution in [1.29, 1.82) is 0 Å². The number of carboxylic acids is 1. The molecule has 0 radical (unpaired) electrons. The first kappa shape index (κ1) is 26.9. The zero-order valence-electron chi connectivity index (χ0n) is 23.0. The Morgan fingerprint density at radius 3 is 2.37 bits per heavy atom. The first-order chi connectivity index (χ1) is 16.0. The van der Waals surface area contributed by atoms with E-state index in [0.717, 1.165) is 38.5 Å². The fraction of sp³-hybridized carbons (Fsp3) is 0.867. The molecule has 0 heterocycles. The molecule has 0 aromatic rings. The van der Waals surface area contributed by atoms with Crippen molar-refractivity contribution in [3.63, 3.8) is 0 Å². The van der Waals surface area contributed by atoms with Gasteiger partial charge in [-0.3, -0.25) is 9.59 Å². The molecule has 0 spiro atoms.